The van der Waals surface area contributed by atoms with Crippen molar-refractivity contribution < 1.29 is 556 Å². The average Bonchev–Trinajstić information content (AvgIpc) is 0. The van der Waals surface area contributed by atoms with Gasteiger partial charge in [-0.25, -0.2) is 0 Å². The Hall–Kier alpha value is 18.8. The molecule has 0 saturated heterocycles. The second kappa shape index (κ2) is 113. The summed E-state index contributed by atoms with van der Waals surface area (Å²) in [7, 11) is 0. The van der Waals surface area contributed by atoms with Crippen LogP contribution in [0.2, 0.25) is 0 Å². The van der Waals surface area contributed by atoms with Crippen molar-refractivity contribution in [2.75, 3.05) is 0 Å². The normalized spacial score (nSPS) is 0. The molecule has 0 spiro atoms. The van der Waals surface area contributed by atoms with Crippen molar-refractivity contribution >= 4 is 0 Å². The molecule has 17 heteroatoms. The van der Waals surface area contributed by atoms with Crippen LogP contribution in [-0.4, -0.2) is 0 Å². The molecule has 0 aromatic rings. The summed E-state index contributed by atoms with van der Waals surface area (Å²) in [6.07, 6.45) is 0. The molecular formula is Y17. The average molecular weight is 1510 g/mol. The van der Waals surface area contributed by atoms with Crippen LogP contribution in [0.5, 0.6) is 0 Å². The van der Waals surface area contributed by atoms with E-state index in [9.17, 15) is 0 Å². The maximum absolute atomic E-state index is 0. The van der Waals surface area contributed by atoms with Crippen molar-refractivity contribution in [1.82, 2.24) is 0 Å². The predicted molar refractivity (Wildman–Crippen MR) is 0 cm³/mol. The zero-order valence-corrected chi connectivity index (χ0v) is 58.1. The minimum Gasteiger partial charge on any atom is 0 e. The Labute approximate surface area is 535 Å². The van der Waals surface area contributed by atoms with Crippen LogP contribution >= 0.6 is 0 Å². The van der Waals surface area contributed by atoms with Gasteiger partial charge >= 0.3 is 0 Å². The number of hydrogen-bond donors (Lipinski definition) is 0. The van der Waals surface area contributed by atoms with E-state index < -0.39 is 0 Å². The van der Waals surface area contributed by atoms with E-state index in [1.165, 1.54) is 0 Å². The summed E-state index contributed by atoms with van der Waals surface area (Å²) in [5.41, 5.74) is 0. The van der Waals surface area contributed by atoms with E-state index >= 15 is 0 Å². The summed E-state index contributed by atoms with van der Waals surface area (Å²) in [5, 5.41) is 0. The van der Waals surface area contributed by atoms with Gasteiger partial charge < -0.3 is 0 Å². The number of rotatable bonds is 0. The summed E-state index contributed by atoms with van der Waals surface area (Å²) in [6, 6.07) is 0. The van der Waals surface area contributed by atoms with Gasteiger partial charge in [-0.05, 0) is 0 Å². The quantitative estimate of drug-likeness (QED) is 0.320. The molecule has 0 bridgehead atoms. The van der Waals surface area contributed by atoms with Crippen LogP contribution in [0.1, 0.15) is 0 Å². The van der Waals surface area contributed by atoms with Gasteiger partial charge in [-0.15, -0.1) is 0 Å². The van der Waals surface area contributed by atoms with Crippen LogP contribution in [0.3, 0.4) is 0 Å². The number of hydrogen-bond acceptors (Lipinski definition) is 0. The molecular weight excluding hydrogens is 1510 g/mol. The minimum absolute atomic E-state index is 0. The van der Waals surface area contributed by atoms with Crippen LogP contribution in [-0.2, 0) is 556 Å². The molecule has 0 rings (SSSR count). The van der Waals surface area contributed by atoms with Gasteiger partial charge in [0, 0.05) is 556 Å². The summed E-state index contributed by atoms with van der Waals surface area (Å²) < 4.78 is 0. The van der Waals surface area contributed by atoms with E-state index in [1.54, 1.807) is 0 Å². The molecule has 0 atom stereocenters. The molecule has 0 fully saturated rings. The van der Waals surface area contributed by atoms with Crippen molar-refractivity contribution in [3.05, 3.63) is 0 Å². The van der Waals surface area contributed by atoms with Gasteiger partial charge in [0.1, 0.15) is 0 Å². The van der Waals surface area contributed by atoms with Gasteiger partial charge in [-0.1, -0.05) is 0 Å². The zero-order valence-electron chi connectivity index (χ0n) is 9.81. The summed E-state index contributed by atoms with van der Waals surface area (Å²) in [6.45, 7) is 0. The standard InChI is InChI=1S/17Y. The summed E-state index contributed by atoms with van der Waals surface area (Å²) in [5.74, 6) is 0. The molecule has 0 unspecified atom stereocenters. The second-order valence-corrected chi connectivity index (χ2v) is 0. The molecule has 17 heavy (non-hydrogen) atoms. The molecule has 0 aliphatic rings. The Kier molecular flexibility index (Phi) is 813. The fourth-order valence-corrected chi connectivity index (χ4v) is 0. The fraction of sp³-hybridized carbons (Fsp3) is 0. The van der Waals surface area contributed by atoms with Crippen LogP contribution in [0.15, 0.2) is 0 Å². The maximum Gasteiger partial charge on any atom is 0 e. The third-order valence-corrected chi connectivity index (χ3v) is 0. The van der Waals surface area contributed by atoms with Gasteiger partial charge in [-0.2, -0.15) is 0 Å². The Balaban J connectivity index is 0. The molecule has 0 aromatic heterocycles. The first-order chi connectivity index (χ1) is 0. The van der Waals surface area contributed by atoms with Gasteiger partial charge in [0.15, 0.2) is 0 Å². The van der Waals surface area contributed by atoms with Crippen molar-refractivity contribution in [3.63, 3.8) is 0 Å². The Morgan fingerprint density at radius 2 is 0.0588 bits per heavy atom. The topological polar surface area (TPSA) is 0 Å². The second-order valence-electron chi connectivity index (χ2n) is 0. The first-order valence-corrected chi connectivity index (χ1v) is 0. The third-order valence-electron chi connectivity index (χ3n) is 0. The van der Waals surface area contributed by atoms with Gasteiger partial charge in [-0.3, -0.25) is 0 Å². The molecule has 0 N–H and O–H groups in total. The van der Waals surface area contributed by atoms with Gasteiger partial charge in [0.2, 0.25) is 0 Å². The molecule has 0 aromatic carbocycles. The molecule has 17 radical (unpaired) electrons. The van der Waals surface area contributed by atoms with Crippen molar-refractivity contribution in [2.24, 2.45) is 0 Å². The predicted octanol–water partition coefficient (Wildman–Crippen LogP) is -0.0425. The maximum atomic E-state index is 0. The Morgan fingerprint density at radius 3 is 0.0588 bits per heavy atom. The molecule has 0 aliphatic heterocycles. The molecule has 0 amide bonds. The fourth-order valence-electron chi connectivity index (χ4n) is 0. The monoisotopic (exact) mass is 1510 g/mol. The Morgan fingerprint density at radius 1 is 0.0588 bits per heavy atom. The third kappa shape index (κ3) is 106. The van der Waals surface area contributed by atoms with Crippen LogP contribution in [0.25, 0.3) is 0 Å². The van der Waals surface area contributed by atoms with Gasteiger partial charge in [0.05, 0.1) is 0 Å². The van der Waals surface area contributed by atoms with E-state index in [0.29, 0.717) is 0 Å². The van der Waals surface area contributed by atoms with E-state index in [4.69, 9.17) is 0 Å². The SMILES string of the molecule is [Y].[Y].[Y].[Y].[Y].[Y].[Y].[Y].[Y].[Y].[Y].[Y].[Y].[Y].[Y].[Y].[Y]. The largest absolute Gasteiger partial charge is 0 e. The minimum atomic E-state index is 0. The molecule has 0 heterocycles. The smallest absolute Gasteiger partial charge is 0 e. The van der Waals surface area contributed by atoms with Crippen LogP contribution in [0.4, 0.5) is 0 Å². The first kappa shape index (κ1) is 123. The summed E-state index contributed by atoms with van der Waals surface area (Å²) >= 11 is 0. The molecule has 51 valence electrons. The van der Waals surface area contributed by atoms with Crippen LogP contribution in [0, 0.1) is 0 Å². The van der Waals surface area contributed by atoms with E-state index in [-0.39, 0.29) is 556 Å². The van der Waals surface area contributed by atoms with E-state index in [2.05, 4.69) is 0 Å². The van der Waals surface area contributed by atoms with E-state index in [1.807, 2.05) is 0 Å². The Bertz CT molecular complexity index is 0. The van der Waals surface area contributed by atoms with Crippen molar-refractivity contribution in [2.45, 2.75) is 0 Å². The molecule has 0 aliphatic carbocycles. The van der Waals surface area contributed by atoms with Crippen molar-refractivity contribution in [1.29, 1.82) is 0 Å². The van der Waals surface area contributed by atoms with Crippen LogP contribution < -0.4 is 0 Å². The van der Waals surface area contributed by atoms with Crippen molar-refractivity contribution in [3.8, 4) is 0 Å². The van der Waals surface area contributed by atoms with Gasteiger partial charge in [0.25, 0.3) is 0 Å². The summed E-state index contributed by atoms with van der Waals surface area (Å²) in [4.78, 5) is 0. The first-order valence-electron chi connectivity index (χ1n) is 0. The van der Waals surface area contributed by atoms with E-state index in [0.717, 1.165) is 0 Å². The molecule has 0 nitrogen and oxygen atoms in total. The molecule has 0 saturated carbocycles. The zero-order chi connectivity index (χ0) is 0.